The predicted molar refractivity (Wildman–Crippen MR) is 75.0 cm³/mol. The Labute approximate surface area is 113 Å². The molecule has 2 nitrogen and oxygen atoms in total. The monoisotopic (exact) mass is 252 g/mol. The summed E-state index contributed by atoms with van der Waals surface area (Å²) in [5.74, 6) is 1.01. The van der Waals surface area contributed by atoms with E-state index in [0.717, 1.165) is 46.6 Å². The lowest BCUT2D eigenvalue weighted by atomic mass is 9.96. The van der Waals surface area contributed by atoms with Crippen LogP contribution in [0.4, 0.5) is 0 Å². The third kappa shape index (κ3) is 2.14. The summed E-state index contributed by atoms with van der Waals surface area (Å²) in [6.07, 6.45) is 0.892. The highest BCUT2D eigenvalue weighted by atomic mass is 16.5. The molecule has 96 valence electrons. The van der Waals surface area contributed by atoms with Gasteiger partial charge in [0.05, 0.1) is 6.61 Å². The minimum Gasteiger partial charge on any atom is -0.493 e. The van der Waals surface area contributed by atoms with Crippen molar-refractivity contribution in [1.29, 1.82) is 0 Å². The summed E-state index contributed by atoms with van der Waals surface area (Å²) in [5.41, 5.74) is 4.80. The predicted octanol–water partition coefficient (Wildman–Crippen LogP) is 3.47. The normalized spacial score (nSPS) is 12.9. The largest absolute Gasteiger partial charge is 0.493 e. The summed E-state index contributed by atoms with van der Waals surface area (Å²) in [6.45, 7) is 4.70. The average Bonchev–Trinajstić information content (AvgIpc) is 2.88. The second-order valence-corrected chi connectivity index (χ2v) is 5.07. The fraction of sp³-hybridized carbons (Fsp3) is 0.235. The molecule has 2 aromatic rings. The molecular formula is C17H16O2. The summed E-state index contributed by atoms with van der Waals surface area (Å²) < 4.78 is 5.47. The molecule has 19 heavy (non-hydrogen) atoms. The van der Waals surface area contributed by atoms with E-state index in [2.05, 4.69) is 0 Å². The van der Waals surface area contributed by atoms with Crippen molar-refractivity contribution in [2.24, 2.45) is 0 Å². The molecule has 0 saturated carbocycles. The van der Waals surface area contributed by atoms with Gasteiger partial charge >= 0.3 is 0 Å². The molecule has 1 aliphatic heterocycles. The number of carbonyl (C=O) groups is 1. The van der Waals surface area contributed by atoms with Crippen molar-refractivity contribution in [1.82, 2.24) is 0 Å². The fourth-order valence-electron chi connectivity index (χ4n) is 2.46. The number of aryl methyl sites for hydroxylation is 2. The highest BCUT2D eigenvalue weighted by Gasteiger charge is 2.17. The molecule has 0 aromatic heterocycles. The lowest BCUT2D eigenvalue weighted by Crippen LogP contribution is -2.04. The number of hydrogen-bond donors (Lipinski definition) is 0. The third-order valence-corrected chi connectivity index (χ3v) is 3.59. The molecule has 0 unspecified atom stereocenters. The summed E-state index contributed by atoms with van der Waals surface area (Å²) in [6, 6.07) is 11.7. The van der Waals surface area contributed by atoms with E-state index in [0.29, 0.717) is 0 Å². The number of ether oxygens (including phenoxy) is 1. The Balaban J connectivity index is 2.02. The van der Waals surface area contributed by atoms with Crippen LogP contribution in [0.5, 0.6) is 5.75 Å². The van der Waals surface area contributed by atoms with Gasteiger partial charge in [0.15, 0.2) is 5.78 Å². The first-order chi connectivity index (χ1) is 9.15. The number of hydrogen-bond acceptors (Lipinski definition) is 2. The molecule has 0 amide bonds. The van der Waals surface area contributed by atoms with Crippen molar-refractivity contribution < 1.29 is 9.53 Å². The van der Waals surface area contributed by atoms with Crippen LogP contribution in [0.15, 0.2) is 36.4 Å². The molecule has 0 aliphatic carbocycles. The fourth-order valence-corrected chi connectivity index (χ4v) is 2.46. The molecule has 0 fully saturated rings. The molecule has 2 aromatic carbocycles. The van der Waals surface area contributed by atoms with Crippen LogP contribution >= 0.6 is 0 Å². The van der Waals surface area contributed by atoms with Gasteiger partial charge in [0.2, 0.25) is 0 Å². The van der Waals surface area contributed by atoms with Gasteiger partial charge < -0.3 is 4.74 Å². The zero-order chi connectivity index (χ0) is 13.4. The van der Waals surface area contributed by atoms with Crippen molar-refractivity contribution in [2.75, 3.05) is 6.61 Å². The molecule has 0 radical (unpaired) electrons. The number of benzene rings is 2. The smallest absolute Gasteiger partial charge is 0.193 e. The first-order valence-corrected chi connectivity index (χ1v) is 6.53. The molecule has 0 bridgehead atoms. The van der Waals surface area contributed by atoms with Crippen LogP contribution in [-0.2, 0) is 6.42 Å². The Morgan fingerprint density at radius 3 is 2.79 bits per heavy atom. The Hall–Kier alpha value is -2.09. The van der Waals surface area contributed by atoms with Gasteiger partial charge in [-0.2, -0.15) is 0 Å². The van der Waals surface area contributed by atoms with Gasteiger partial charge in [0, 0.05) is 17.5 Å². The number of ketones is 1. The molecule has 1 heterocycles. The van der Waals surface area contributed by atoms with Gasteiger partial charge in [-0.05, 0) is 49.2 Å². The van der Waals surface area contributed by atoms with Crippen LogP contribution in [0.3, 0.4) is 0 Å². The lowest BCUT2D eigenvalue weighted by Gasteiger charge is -2.07. The van der Waals surface area contributed by atoms with E-state index in [1.165, 1.54) is 0 Å². The van der Waals surface area contributed by atoms with Gasteiger partial charge in [-0.1, -0.05) is 17.7 Å². The van der Waals surface area contributed by atoms with Gasteiger partial charge in [-0.15, -0.1) is 0 Å². The van der Waals surface area contributed by atoms with Crippen LogP contribution in [0.1, 0.15) is 32.6 Å². The van der Waals surface area contributed by atoms with Crippen molar-refractivity contribution in [3.05, 3.63) is 64.2 Å². The van der Waals surface area contributed by atoms with E-state index in [9.17, 15) is 4.79 Å². The van der Waals surface area contributed by atoms with E-state index in [1.54, 1.807) is 0 Å². The third-order valence-electron chi connectivity index (χ3n) is 3.59. The summed E-state index contributed by atoms with van der Waals surface area (Å²) in [7, 11) is 0. The Morgan fingerprint density at radius 1 is 1.11 bits per heavy atom. The second-order valence-electron chi connectivity index (χ2n) is 5.07. The van der Waals surface area contributed by atoms with Crippen LogP contribution in [0.2, 0.25) is 0 Å². The summed E-state index contributed by atoms with van der Waals surface area (Å²) in [5, 5.41) is 0. The van der Waals surface area contributed by atoms with Crippen LogP contribution in [0, 0.1) is 13.8 Å². The molecule has 3 rings (SSSR count). The molecule has 0 atom stereocenters. The van der Waals surface area contributed by atoms with Gasteiger partial charge in [-0.3, -0.25) is 4.79 Å². The summed E-state index contributed by atoms with van der Waals surface area (Å²) in [4.78, 5) is 12.6. The lowest BCUT2D eigenvalue weighted by molar-refractivity contribution is 0.103. The van der Waals surface area contributed by atoms with E-state index in [1.807, 2.05) is 50.2 Å². The standard InChI is InChI=1S/C17H16O2/c1-11-3-4-12(2)15(9-11)17(18)14-5-6-16-13(10-14)7-8-19-16/h3-6,9-10H,7-8H2,1-2H3. The van der Waals surface area contributed by atoms with Crippen molar-refractivity contribution in [3.63, 3.8) is 0 Å². The zero-order valence-electron chi connectivity index (χ0n) is 11.2. The van der Waals surface area contributed by atoms with Crippen LogP contribution in [-0.4, -0.2) is 12.4 Å². The number of carbonyl (C=O) groups excluding carboxylic acids is 1. The second kappa shape index (κ2) is 4.54. The van der Waals surface area contributed by atoms with Gasteiger partial charge in [0.1, 0.15) is 5.75 Å². The zero-order valence-corrected chi connectivity index (χ0v) is 11.2. The minimum atomic E-state index is 0.0934. The molecule has 1 aliphatic rings. The van der Waals surface area contributed by atoms with E-state index in [-0.39, 0.29) is 5.78 Å². The van der Waals surface area contributed by atoms with Gasteiger partial charge in [-0.25, -0.2) is 0 Å². The maximum absolute atomic E-state index is 12.6. The maximum atomic E-state index is 12.6. The van der Waals surface area contributed by atoms with Crippen molar-refractivity contribution in [2.45, 2.75) is 20.3 Å². The topological polar surface area (TPSA) is 26.3 Å². The molecular weight excluding hydrogens is 236 g/mol. The maximum Gasteiger partial charge on any atom is 0.193 e. The Kier molecular flexibility index (Phi) is 2.86. The Bertz CT molecular complexity index is 656. The first kappa shape index (κ1) is 12.0. The van der Waals surface area contributed by atoms with Gasteiger partial charge in [0.25, 0.3) is 0 Å². The average molecular weight is 252 g/mol. The van der Waals surface area contributed by atoms with Crippen LogP contribution in [0.25, 0.3) is 0 Å². The summed E-state index contributed by atoms with van der Waals surface area (Å²) >= 11 is 0. The van der Waals surface area contributed by atoms with Crippen LogP contribution < -0.4 is 4.74 Å². The van der Waals surface area contributed by atoms with E-state index >= 15 is 0 Å². The first-order valence-electron chi connectivity index (χ1n) is 6.53. The highest BCUT2D eigenvalue weighted by molar-refractivity contribution is 6.10. The molecule has 0 spiro atoms. The number of fused-ring (bicyclic) bond motifs is 1. The Morgan fingerprint density at radius 2 is 1.95 bits per heavy atom. The molecule has 0 N–H and O–H groups in total. The number of rotatable bonds is 2. The van der Waals surface area contributed by atoms with E-state index < -0.39 is 0 Å². The van der Waals surface area contributed by atoms with Crippen molar-refractivity contribution >= 4 is 5.78 Å². The molecule has 0 saturated heterocycles. The van der Waals surface area contributed by atoms with Crippen molar-refractivity contribution in [3.8, 4) is 5.75 Å². The minimum absolute atomic E-state index is 0.0934. The molecule has 2 heteroatoms. The van der Waals surface area contributed by atoms with E-state index in [4.69, 9.17) is 4.74 Å². The quantitative estimate of drug-likeness (QED) is 0.765. The highest BCUT2D eigenvalue weighted by Crippen LogP contribution is 2.27. The SMILES string of the molecule is Cc1ccc(C)c(C(=O)c2ccc3c(c2)CCO3)c1.